The van der Waals surface area contributed by atoms with Gasteiger partial charge < -0.3 is 9.47 Å². The first kappa shape index (κ1) is 20.6. The van der Waals surface area contributed by atoms with Crippen LogP contribution in [0.15, 0.2) is 84.0 Å². The van der Waals surface area contributed by atoms with Crippen molar-refractivity contribution in [1.82, 2.24) is 5.01 Å². The fraction of sp³-hybridized carbons (Fsp3) is 0.321. The van der Waals surface area contributed by atoms with Gasteiger partial charge >= 0.3 is 0 Å². The van der Waals surface area contributed by atoms with Gasteiger partial charge in [0.25, 0.3) is 0 Å². The second-order valence-electron chi connectivity index (χ2n) is 8.50. The van der Waals surface area contributed by atoms with E-state index in [1.165, 1.54) is 30.4 Å². The molecule has 0 N–H and O–H groups in total. The number of benzene rings is 3. The first-order valence-corrected chi connectivity index (χ1v) is 11.7. The van der Waals surface area contributed by atoms with E-state index in [1.807, 2.05) is 24.3 Å². The molecule has 2 aliphatic rings. The van der Waals surface area contributed by atoms with Crippen LogP contribution in [0.25, 0.3) is 0 Å². The van der Waals surface area contributed by atoms with E-state index >= 15 is 0 Å². The van der Waals surface area contributed by atoms with E-state index in [9.17, 15) is 0 Å². The molecule has 0 unspecified atom stereocenters. The molecular formula is C28H30N2O2. The number of ether oxygens (including phenoxy) is 2. The van der Waals surface area contributed by atoms with Crippen molar-refractivity contribution < 1.29 is 9.47 Å². The van der Waals surface area contributed by atoms with E-state index in [-0.39, 0.29) is 12.3 Å². The van der Waals surface area contributed by atoms with Gasteiger partial charge in [-0.2, -0.15) is 5.10 Å². The molecule has 2 aliphatic heterocycles. The van der Waals surface area contributed by atoms with Crippen molar-refractivity contribution in [3.05, 3.63) is 95.6 Å². The topological polar surface area (TPSA) is 34.1 Å². The van der Waals surface area contributed by atoms with Gasteiger partial charge in [0.05, 0.1) is 18.4 Å². The molecule has 0 bridgehead atoms. The Morgan fingerprint density at radius 3 is 2.50 bits per heavy atom. The van der Waals surface area contributed by atoms with Crippen LogP contribution < -0.4 is 9.47 Å². The Kier molecular flexibility index (Phi) is 6.11. The fourth-order valence-electron chi connectivity index (χ4n) is 4.51. The van der Waals surface area contributed by atoms with E-state index < -0.39 is 0 Å². The molecule has 0 saturated carbocycles. The van der Waals surface area contributed by atoms with Gasteiger partial charge in [0.1, 0.15) is 11.5 Å². The summed E-state index contributed by atoms with van der Waals surface area (Å²) in [6, 6.07) is 27.3. The molecule has 0 fully saturated rings. The number of para-hydroxylation sites is 1. The van der Waals surface area contributed by atoms with Crippen molar-refractivity contribution in [2.24, 2.45) is 5.10 Å². The van der Waals surface area contributed by atoms with Gasteiger partial charge in [0.15, 0.2) is 0 Å². The smallest absolute Gasteiger partial charge is 0.213 e. The third-order valence-corrected chi connectivity index (χ3v) is 6.24. The van der Waals surface area contributed by atoms with Crippen molar-refractivity contribution in [1.29, 1.82) is 0 Å². The monoisotopic (exact) mass is 426 g/mol. The highest BCUT2D eigenvalue weighted by atomic mass is 16.5. The molecule has 3 aromatic carbocycles. The molecule has 5 rings (SSSR count). The second-order valence-corrected chi connectivity index (χ2v) is 8.50. The van der Waals surface area contributed by atoms with Crippen LogP contribution in [0.1, 0.15) is 68.0 Å². The Morgan fingerprint density at radius 1 is 0.906 bits per heavy atom. The Bertz CT molecular complexity index is 1060. The molecule has 4 heteroatoms. The van der Waals surface area contributed by atoms with E-state index in [4.69, 9.17) is 14.6 Å². The van der Waals surface area contributed by atoms with Gasteiger partial charge in [-0.25, -0.2) is 5.01 Å². The van der Waals surface area contributed by atoms with Crippen LogP contribution in [0.5, 0.6) is 11.5 Å². The standard InChI is InChI=1S/C28H30N2O2/c1-2-3-4-10-19-31-23-17-15-22(16-18-23)28-30-26(24-13-8-9-14-27(24)32-28)20-25(29-30)21-11-6-5-7-12-21/h5-9,11-18,26,28H,2-4,10,19-20H2,1H3/t26-,28-/m0/s1. The third-order valence-electron chi connectivity index (χ3n) is 6.24. The molecule has 3 aromatic rings. The molecule has 2 atom stereocenters. The largest absolute Gasteiger partial charge is 0.494 e. The van der Waals surface area contributed by atoms with Crippen molar-refractivity contribution in [2.75, 3.05) is 6.61 Å². The lowest BCUT2D eigenvalue weighted by Gasteiger charge is -2.38. The Hall–Kier alpha value is -3.27. The van der Waals surface area contributed by atoms with Crippen LogP contribution in [-0.4, -0.2) is 17.3 Å². The Labute approximate surface area is 190 Å². The quantitative estimate of drug-likeness (QED) is 0.368. The normalized spacial score (nSPS) is 19.0. The Morgan fingerprint density at radius 2 is 1.69 bits per heavy atom. The zero-order valence-electron chi connectivity index (χ0n) is 18.6. The second kappa shape index (κ2) is 9.47. The maximum atomic E-state index is 6.46. The minimum Gasteiger partial charge on any atom is -0.494 e. The van der Waals surface area contributed by atoms with Crippen molar-refractivity contribution >= 4 is 5.71 Å². The van der Waals surface area contributed by atoms with Gasteiger partial charge in [0, 0.05) is 17.5 Å². The molecule has 0 aliphatic carbocycles. The zero-order valence-corrected chi connectivity index (χ0v) is 18.6. The number of hydrogen-bond acceptors (Lipinski definition) is 4. The van der Waals surface area contributed by atoms with Gasteiger partial charge in [-0.1, -0.05) is 74.7 Å². The molecule has 4 nitrogen and oxygen atoms in total. The lowest BCUT2D eigenvalue weighted by Crippen LogP contribution is -2.33. The summed E-state index contributed by atoms with van der Waals surface area (Å²) in [5.74, 6) is 1.85. The highest BCUT2D eigenvalue weighted by Gasteiger charge is 2.40. The highest BCUT2D eigenvalue weighted by Crippen LogP contribution is 2.47. The lowest BCUT2D eigenvalue weighted by atomic mass is 9.96. The van der Waals surface area contributed by atoms with Gasteiger partial charge in [-0.3, -0.25) is 0 Å². The van der Waals surface area contributed by atoms with Gasteiger partial charge in [-0.05, 0) is 42.3 Å². The average Bonchev–Trinajstić information content (AvgIpc) is 3.30. The summed E-state index contributed by atoms with van der Waals surface area (Å²) < 4.78 is 12.4. The van der Waals surface area contributed by atoms with Crippen LogP contribution in [0.2, 0.25) is 0 Å². The summed E-state index contributed by atoms with van der Waals surface area (Å²) in [7, 11) is 0. The predicted molar refractivity (Wildman–Crippen MR) is 128 cm³/mol. The van der Waals surface area contributed by atoms with E-state index in [1.54, 1.807) is 0 Å². The zero-order chi connectivity index (χ0) is 21.8. The summed E-state index contributed by atoms with van der Waals surface area (Å²) in [4.78, 5) is 0. The SMILES string of the molecule is CCCCCCOc1ccc([C@@H]2Oc3ccccc3[C@@H]3CC(c4ccccc4)=NN32)cc1. The number of rotatable bonds is 8. The van der Waals surface area contributed by atoms with Crippen molar-refractivity contribution in [3.63, 3.8) is 0 Å². The highest BCUT2D eigenvalue weighted by molar-refractivity contribution is 6.01. The summed E-state index contributed by atoms with van der Waals surface area (Å²) in [5, 5.41) is 7.16. The lowest BCUT2D eigenvalue weighted by molar-refractivity contribution is -0.0190. The Balaban J connectivity index is 1.38. The van der Waals surface area contributed by atoms with Crippen LogP contribution in [-0.2, 0) is 0 Å². The van der Waals surface area contributed by atoms with Crippen LogP contribution in [0.4, 0.5) is 0 Å². The van der Waals surface area contributed by atoms with Crippen LogP contribution in [0.3, 0.4) is 0 Å². The molecule has 164 valence electrons. The first-order chi connectivity index (χ1) is 15.8. The number of fused-ring (bicyclic) bond motifs is 3. The maximum Gasteiger partial charge on any atom is 0.213 e. The third kappa shape index (κ3) is 4.22. The molecule has 0 radical (unpaired) electrons. The molecule has 0 amide bonds. The minimum absolute atomic E-state index is 0.176. The summed E-state index contributed by atoms with van der Waals surface area (Å²) >= 11 is 0. The molecule has 0 aromatic heterocycles. The van der Waals surface area contributed by atoms with Crippen LogP contribution in [0, 0.1) is 0 Å². The summed E-state index contributed by atoms with van der Waals surface area (Å²) in [5.41, 5.74) is 4.56. The fourth-order valence-corrected chi connectivity index (χ4v) is 4.51. The molecule has 0 saturated heterocycles. The van der Waals surface area contributed by atoms with Crippen LogP contribution >= 0.6 is 0 Å². The molecular weight excluding hydrogens is 396 g/mol. The van der Waals surface area contributed by atoms with E-state index in [0.717, 1.165) is 42.2 Å². The predicted octanol–water partition coefficient (Wildman–Crippen LogP) is 6.89. The van der Waals surface area contributed by atoms with E-state index in [0.29, 0.717) is 0 Å². The first-order valence-electron chi connectivity index (χ1n) is 11.7. The summed E-state index contributed by atoms with van der Waals surface area (Å²) in [6.45, 7) is 2.99. The maximum absolute atomic E-state index is 6.46. The number of unbranched alkanes of at least 4 members (excludes halogenated alkanes) is 3. The van der Waals surface area contributed by atoms with Crippen molar-refractivity contribution in [3.8, 4) is 11.5 Å². The van der Waals surface area contributed by atoms with Crippen molar-refractivity contribution in [2.45, 2.75) is 51.3 Å². The van der Waals surface area contributed by atoms with Gasteiger partial charge in [-0.15, -0.1) is 0 Å². The molecule has 32 heavy (non-hydrogen) atoms. The van der Waals surface area contributed by atoms with Gasteiger partial charge in [0.2, 0.25) is 6.23 Å². The molecule has 2 heterocycles. The number of hydrogen-bond donors (Lipinski definition) is 0. The van der Waals surface area contributed by atoms with E-state index in [2.05, 4.69) is 66.5 Å². The minimum atomic E-state index is -0.255. The number of hydrazone groups is 1. The summed E-state index contributed by atoms with van der Waals surface area (Å²) in [6.07, 6.45) is 5.46. The molecule has 0 spiro atoms. The number of nitrogens with zero attached hydrogens (tertiary/aromatic N) is 2. The average molecular weight is 427 g/mol.